The van der Waals surface area contributed by atoms with Crippen LogP contribution >= 0.6 is 0 Å². The van der Waals surface area contributed by atoms with E-state index < -0.39 is 0 Å². The predicted octanol–water partition coefficient (Wildman–Crippen LogP) is 11.8. The van der Waals surface area contributed by atoms with E-state index in [1.54, 1.807) is 0 Å². The van der Waals surface area contributed by atoms with Crippen LogP contribution in [0.1, 0.15) is 186 Å². The lowest BCUT2D eigenvalue weighted by atomic mass is 9.64. The second-order valence-electron chi connectivity index (χ2n) is 17.4. The number of likely N-dealkylation sites (tertiary alicyclic amines) is 2. The van der Waals surface area contributed by atoms with E-state index in [0.717, 1.165) is 17.8 Å². The van der Waals surface area contributed by atoms with Crippen LogP contribution in [0.2, 0.25) is 0 Å². The molecule has 2 rings (SSSR count). The van der Waals surface area contributed by atoms with E-state index in [-0.39, 0.29) is 0 Å². The SMILES string of the molecule is CCCCCCN1C(C)(C)CC(CCCC(C)C2CC(C)(C)N(CCCCCC)C(C)(C(C)C)C2)CC1(C)C(C)C. The summed E-state index contributed by atoms with van der Waals surface area (Å²) in [4.78, 5) is 5.90. The minimum Gasteiger partial charge on any atom is -0.293 e. The first-order valence-corrected chi connectivity index (χ1v) is 18.6. The number of nitrogens with zero attached hydrogens (tertiary/aromatic N) is 2. The fourth-order valence-electron chi connectivity index (χ4n) is 9.61. The van der Waals surface area contributed by atoms with Crippen molar-refractivity contribution in [2.45, 2.75) is 208 Å². The Balaban J connectivity index is 2.02. The molecule has 2 heteroatoms. The molecule has 41 heavy (non-hydrogen) atoms. The van der Waals surface area contributed by atoms with Crippen LogP contribution in [0.25, 0.3) is 0 Å². The van der Waals surface area contributed by atoms with Gasteiger partial charge < -0.3 is 0 Å². The second kappa shape index (κ2) is 15.8. The number of piperidine rings is 2. The first kappa shape index (κ1) is 37.1. The summed E-state index contributed by atoms with van der Waals surface area (Å²) in [6.45, 7) is 35.3. The first-order chi connectivity index (χ1) is 19.0. The maximum Gasteiger partial charge on any atom is 0.0212 e. The summed E-state index contributed by atoms with van der Waals surface area (Å²) in [7, 11) is 0. The summed E-state index contributed by atoms with van der Waals surface area (Å²) >= 11 is 0. The van der Waals surface area contributed by atoms with Crippen molar-refractivity contribution in [1.29, 1.82) is 0 Å². The molecule has 2 nitrogen and oxygen atoms in total. The molecule has 2 aliphatic heterocycles. The topological polar surface area (TPSA) is 6.48 Å². The van der Waals surface area contributed by atoms with Gasteiger partial charge in [-0.15, -0.1) is 0 Å². The molecule has 2 heterocycles. The van der Waals surface area contributed by atoms with Gasteiger partial charge in [0.2, 0.25) is 0 Å². The average Bonchev–Trinajstić information content (AvgIpc) is 2.86. The van der Waals surface area contributed by atoms with Gasteiger partial charge in [-0.3, -0.25) is 9.80 Å². The molecule has 0 aromatic carbocycles. The van der Waals surface area contributed by atoms with Crippen LogP contribution in [0.15, 0.2) is 0 Å². The average molecular weight is 575 g/mol. The molecule has 0 amide bonds. The number of unbranched alkanes of at least 4 members (excludes halogenated alkanes) is 6. The normalized spacial score (nSPS) is 31.7. The largest absolute Gasteiger partial charge is 0.293 e. The van der Waals surface area contributed by atoms with E-state index in [1.165, 1.54) is 109 Å². The second-order valence-corrected chi connectivity index (χ2v) is 17.4. The highest BCUT2D eigenvalue weighted by atomic mass is 15.3. The van der Waals surface area contributed by atoms with Crippen molar-refractivity contribution in [2.24, 2.45) is 29.6 Å². The van der Waals surface area contributed by atoms with Crippen molar-refractivity contribution in [1.82, 2.24) is 9.80 Å². The molecular formula is C39H78N2. The fraction of sp³-hybridized carbons (Fsp3) is 1.00. The fourth-order valence-corrected chi connectivity index (χ4v) is 9.61. The van der Waals surface area contributed by atoms with Gasteiger partial charge in [-0.1, -0.05) is 106 Å². The van der Waals surface area contributed by atoms with Gasteiger partial charge in [-0.25, -0.2) is 0 Å². The summed E-state index contributed by atoms with van der Waals surface area (Å²) < 4.78 is 0. The summed E-state index contributed by atoms with van der Waals surface area (Å²) in [6.07, 6.45) is 20.8. The first-order valence-electron chi connectivity index (χ1n) is 18.6. The third-order valence-electron chi connectivity index (χ3n) is 12.7. The van der Waals surface area contributed by atoms with Crippen molar-refractivity contribution in [2.75, 3.05) is 13.1 Å². The third kappa shape index (κ3) is 9.45. The molecule has 5 atom stereocenters. The predicted molar refractivity (Wildman–Crippen MR) is 185 cm³/mol. The minimum atomic E-state index is 0.301. The van der Waals surface area contributed by atoms with E-state index in [0.29, 0.717) is 34.0 Å². The Morgan fingerprint density at radius 2 is 1.02 bits per heavy atom. The van der Waals surface area contributed by atoms with Crippen LogP contribution in [-0.4, -0.2) is 45.0 Å². The van der Waals surface area contributed by atoms with Gasteiger partial charge in [0.25, 0.3) is 0 Å². The van der Waals surface area contributed by atoms with E-state index in [9.17, 15) is 0 Å². The Hall–Kier alpha value is -0.0800. The van der Waals surface area contributed by atoms with E-state index in [2.05, 4.69) is 99.8 Å². The van der Waals surface area contributed by atoms with Gasteiger partial charge in [0.05, 0.1) is 0 Å². The van der Waals surface area contributed by atoms with Crippen LogP contribution < -0.4 is 0 Å². The minimum absolute atomic E-state index is 0.301. The van der Waals surface area contributed by atoms with Crippen molar-refractivity contribution < 1.29 is 0 Å². The molecule has 2 fully saturated rings. The van der Waals surface area contributed by atoms with Crippen LogP contribution in [0, 0.1) is 29.6 Å². The number of hydrogen-bond donors (Lipinski definition) is 0. The van der Waals surface area contributed by atoms with Gasteiger partial charge in [0.15, 0.2) is 0 Å². The van der Waals surface area contributed by atoms with Gasteiger partial charge >= 0.3 is 0 Å². The zero-order valence-electron chi connectivity index (χ0n) is 30.8. The molecule has 0 aromatic heterocycles. The molecule has 0 aromatic rings. The van der Waals surface area contributed by atoms with E-state index in [1.807, 2.05) is 0 Å². The molecule has 2 saturated heterocycles. The molecule has 244 valence electrons. The summed E-state index contributed by atoms with van der Waals surface area (Å²) in [5.74, 6) is 3.96. The lowest BCUT2D eigenvalue weighted by molar-refractivity contribution is -0.0953. The smallest absolute Gasteiger partial charge is 0.0212 e. The zero-order chi connectivity index (χ0) is 31.1. The summed E-state index contributed by atoms with van der Waals surface area (Å²) in [5.41, 5.74) is 1.26. The molecule has 0 saturated carbocycles. The number of hydrogen-bond acceptors (Lipinski definition) is 2. The Morgan fingerprint density at radius 3 is 1.49 bits per heavy atom. The lowest BCUT2D eigenvalue weighted by Gasteiger charge is -2.60. The molecule has 2 aliphatic rings. The third-order valence-corrected chi connectivity index (χ3v) is 12.7. The van der Waals surface area contributed by atoms with Crippen LogP contribution in [0.5, 0.6) is 0 Å². The molecule has 0 spiro atoms. The van der Waals surface area contributed by atoms with Crippen molar-refractivity contribution in [3.63, 3.8) is 0 Å². The highest BCUT2D eigenvalue weighted by Crippen LogP contribution is 2.49. The molecule has 0 N–H and O–H groups in total. The van der Waals surface area contributed by atoms with Gasteiger partial charge in [0, 0.05) is 22.2 Å². The van der Waals surface area contributed by atoms with E-state index >= 15 is 0 Å². The number of rotatable bonds is 17. The van der Waals surface area contributed by atoms with E-state index in [4.69, 9.17) is 0 Å². The molecule has 0 bridgehead atoms. The molecule has 5 unspecified atom stereocenters. The highest BCUT2D eigenvalue weighted by Gasteiger charge is 2.50. The monoisotopic (exact) mass is 575 g/mol. The van der Waals surface area contributed by atoms with Crippen molar-refractivity contribution in [3.8, 4) is 0 Å². The zero-order valence-corrected chi connectivity index (χ0v) is 30.8. The summed E-state index contributed by atoms with van der Waals surface area (Å²) in [5, 5.41) is 0. The molecule has 0 aliphatic carbocycles. The Morgan fingerprint density at radius 1 is 0.561 bits per heavy atom. The van der Waals surface area contributed by atoms with Crippen LogP contribution in [-0.2, 0) is 0 Å². The maximum absolute atomic E-state index is 2.95. The van der Waals surface area contributed by atoms with Gasteiger partial charge in [-0.05, 0) is 123 Å². The molecular weight excluding hydrogens is 496 g/mol. The van der Waals surface area contributed by atoms with Gasteiger partial charge in [-0.2, -0.15) is 0 Å². The lowest BCUT2D eigenvalue weighted by Crippen LogP contribution is -2.64. The molecule has 0 radical (unpaired) electrons. The van der Waals surface area contributed by atoms with Crippen molar-refractivity contribution >= 4 is 0 Å². The standard InChI is InChI=1S/C39H78N2/c1-14-16-18-20-25-40-36(8,9)27-34(28-38(40,12)31(3)4)24-22-23-33(7)35-29-37(10,11)41(26-21-19-17-15-2)39(13,30-35)32(5)6/h31-35H,14-30H2,1-13H3. The summed E-state index contributed by atoms with van der Waals surface area (Å²) in [6, 6.07) is 0. The highest BCUT2D eigenvalue weighted by molar-refractivity contribution is 5.05. The van der Waals surface area contributed by atoms with Crippen molar-refractivity contribution in [3.05, 3.63) is 0 Å². The Labute approximate surface area is 260 Å². The van der Waals surface area contributed by atoms with Crippen LogP contribution in [0.3, 0.4) is 0 Å². The Bertz CT molecular complexity index is 738. The Kier molecular flexibility index (Phi) is 14.3. The van der Waals surface area contributed by atoms with Crippen LogP contribution in [0.4, 0.5) is 0 Å². The quantitative estimate of drug-likeness (QED) is 0.159. The van der Waals surface area contributed by atoms with Gasteiger partial charge in [0.1, 0.15) is 0 Å². The maximum atomic E-state index is 2.95.